The third kappa shape index (κ3) is 3.34. The SMILES string of the molecule is C/C([13CH3])=C/CC[C@@H](C)[C@H]1CC[C@H]2[C@@H]3CC=C4C[C@@H](O)CC[C@]4(C)[C@H]3CC[C@]12C. The first-order valence-electron chi connectivity index (χ1n) is 12.3. The first-order valence-corrected chi connectivity index (χ1v) is 12.3. The molecule has 3 fully saturated rings. The van der Waals surface area contributed by atoms with Crippen molar-refractivity contribution in [1.82, 2.24) is 0 Å². The molecule has 0 aromatic carbocycles. The van der Waals surface area contributed by atoms with Crippen LogP contribution in [0.3, 0.4) is 0 Å². The van der Waals surface area contributed by atoms with Gasteiger partial charge >= 0.3 is 0 Å². The second-order valence-electron chi connectivity index (χ2n) is 11.7. The van der Waals surface area contributed by atoms with Crippen LogP contribution in [-0.4, -0.2) is 11.2 Å². The quantitative estimate of drug-likeness (QED) is 0.397. The maximum Gasteiger partial charge on any atom is 0.0577 e. The molecule has 4 aliphatic rings. The van der Waals surface area contributed by atoms with Gasteiger partial charge in [-0.15, -0.1) is 0 Å². The van der Waals surface area contributed by atoms with E-state index >= 15 is 0 Å². The fraction of sp³-hybridized carbons (Fsp3) is 0.852. The third-order valence-corrected chi connectivity index (χ3v) is 10.0. The molecular formula is C27H44O. The summed E-state index contributed by atoms with van der Waals surface area (Å²) >= 11 is 0. The number of allylic oxidation sites excluding steroid dienone is 3. The van der Waals surface area contributed by atoms with Crippen LogP contribution in [0.2, 0.25) is 0 Å². The van der Waals surface area contributed by atoms with E-state index in [4.69, 9.17) is 0 Å². The van der Waals surface area contributed by atoms with Crippen LogP contribution >= 0.6 is 0 Å². The van der Waals surface area contributed by atoms with Crippen LogP contribution in [0, 0.1) is 40.4 Å². The standard InChI is InChI=1S/C27H44O/c1-18(2)7-6-8-19(3)23-11-12-24-22-10-9-20-17-21(28)13-15-26(20,4)25(22)14-16-27(23,24)5/h7,9,19,21-25,28H,6,8,10-17H2,1-5H3/t19-,21+,22+,23-,24+,25+,26+,27-/m1/s1/i1+1/b18-7+. The van der Waals surface area contributed by atoms with E-state index in [1.807, 2.05) is 0 Å². The van der Waals surface area contributed by atoms with Crippen molar-refractivity contribution in [3.8, 4) is 0 Å². The van der Waals surface area contributed by atoms with E-state index in [1.54, 1.807) is 5.57 Å². The van der Waals surface area contributed by atoms with Crippen molar-refractivity contribution in [2.45, 2.75) is 105 Å². The summed E-state index contributed by atoms with van der Waals surface area (Å²) in [6.07, 6.45) is 17.9. The van der Waals surface area contributed by atoms with Crippen LogP contribution in [0.25, 0.3) is 0 Å². The van der Waals surface area contributed by atoms with E-state index in [0.717, 1.165) is 42.4 Å². The lowest BCUT2D eigenvalue weighted by atomic mass is 9.47. The van der Waals surface area contributed by atoms with E-state index in [1.165, 1.54) is 56.9 Å². The van der Waals surface area contributed by atoms with Crippen molar-refractivity contribution in [3.63, 3.8) is 0 Å². The van der Waals surface area contributed by atoms with Crippen LogP contribution < -0.4 is 0 Å². The number of aliphatic hydroxyl groups is 1. The molecule has 1 heteroatoms. The maximum absolute atomic E-state index is 10.2. The van der Waals surface area contributed by atoms with Crippen LogP contribution in [0.1, 0.15) is 98.8 Å². The van der Waals surface area contributed by atoms with Gasteiger partial charge in [-0.25, -0.2) is 0 Å². The summed E-state index contributed by atoms with van der Waals surface area (Å²) in [5.41, 5.74) is 4.04. The highest BCUT2D eigenvalue weighted by Gasteiger charge is 2.58. The molecule has 0 aliphatic heterocycles. The van der Waals surface area contributed by atoms with Gasteiger partial charge in [0, 0.05) is 0 Å². The van der Waals surface area contributed by atoms with Crippen LogP contribution in [0.15, 0.2) is 23.3 Å². The second-order valence-corrected chi connectivity index (χ2v) is 11.7. The Hall–Kier alpha value is -0.560. The summed E-state index contributed by atoms with van der Waals surface area (Å²) in [6.45, 7) is 12.2. The summed E-state index contributed by atoms with van der Waals surface area (Å²) in [5.74, 6) is 4.49. The lowest BCUT2D eigenvalue weighted by Gasteiger charge is -2.58. The van der Waals surface area contributed by atoms with Crippen molar-refractivity contribution < 1.29 is 5.11 Å². The highest BCUT2D eigenvalue weighted by molar-refractivity contribution is 5.25. The topological polar surface area (TPSA) is 20.2 Å². The molecule has 0 saturated heterocycles. The molecule has 4 aliphatic carbocycles. The Morgan fingerprint density at radius 3 is 2.68 bits per heavy atom. The molecule has 4 rings (SSSR count). The molecule has 0 bridgehead atoms. The van der Waals surface area contributed by atoms with E-state index in [9.17, 15) is 5.11 Å². The average molecular weight is 386 g/mol. The first-order chi connectivity index (χ1) is 13.3. The van der Waals surface area contributed by atoms with Crippen molar-refractivity contribution in [3.05, 3.63) is 23.3 Å². The molecule has 3 saturated carbocycles. The molecule has 158 valence electrons. The van der Waals surface area contributed by atoms with Crippen LogP contribution in [-0.2, 0) is 0 Å². The van der Waals surface area contributed by atoms with Gasteiger partial charge in [-0.1, -0.05) is 44.1 Å². The zero-order valence-corrected chi connectivity index (χ0v) is 19.1. The Labute approximate surface area is 174 Å². The Bertz CT molecular complexity index is 641. The Kier molecular flexibility index (Phi) is 5.62. The third-order valence-electron chi connectivity index (χ3n) is 10.0. The number of aliphatic hydroxyl groups excluding tert-OH is 1. The first kappa shape index (κ1) is 20.7. The molecule has 0 aromatic rings. The molecule has 1 nitrogen and oxygen atoms in total. The average Bonchev–Trinajstić information content (AvgIpc) is 2.99. The summed E-state index contributed by atoms with van der Waals surface area (Å²) in [5, 5.41) is 10.2. The smallest absolute Gasteiger partial charge is 0.0577 e. The van der Waals surface area contributed by atoms with Gasteiger partial charge in [0.1, 0.15) is 0 Å². The monoisotopic (exact) mass is 385 g/mol. The number of rotatable bonds is 4. The van der Waals surface area contributed by atoms with Gasteiger partial charge in [0.05, 0.1) is 6.10 Å². The van der Waals surface area contributed by atoms with Gasteiger partial charge in [0.2, 0.25) is 0 Å². The van der Waals surface area contributed by atoms with Gasteiger partial charge in [0.15, 0.2) is 0 Å². The summed E-state index contributed by atoms with van der Waals surface area (Å²) in [6, 6.07) is 0. The Balaban J connectivity index is 1.51. The van der Waals surface area contributed by atoms with Crippen molar-refractivity contribution in [1.29, 1.82) is 0 Å². The number of hydrogen-bond acceptors (Lipinski definition) is 1. The molecule has 28 heavy (non-hydrogen) atoms. The van der Waals surface area contributed by atoms with E-state index in [-0.39, 0.29) is 6.10 Å². The number of hydrogen-bond donors (Lipinski definition) is 1. The minimum atomic E-state index is -0.0813. The Morgan fingerprint density at radius 1 is 1.14 bits per heavy atom. The van der Waals surface area contributed by atoms with Crippen LogP contribution in [0.5, 0.6) is 0 Å². The molecule has 1 N–H and O–H groups in total. The molecule has 0 spiro atoms. The molecule has 0 amide bonds. The van der Waals surface area contributed by atoms with Gasteiger partial charge in [-0.05, 0) is 118 Å². The van der Waals surface area contributed by atoms with Gasteiger partial charge < -0.3 is 5.11 Å². The van der Waals surface area contributed by atoms with E-state index in [0.29, 0.717) is 10.8 Å². The molecule has 0 heterocycles. The van der Waals surface area contributed by atoms with Gasteiger partial charge in [-0.3, -0.25) is 0 Å². The van der Waals surface area contributed by atoms with Crippen molar-refractivity contribution in [2.75, 3.05) is 0 Å². The minimum absolute atomic E-state index is 0.0813. The van der Waals surface area contributed by atoms with Crippen LogP contribution in [0.4, 0.5) is 0 Å². The highest BCUT2D eigenvalue weighted by atomic mass is 16.3. The molecule has 8 atom stereocenters. The maximum atomic E-state index is 10.2. The predicted octanol–water partition coefficient (Wildman–Crippen LogP) is 7.31. The molecular weight excluding hydrogens is 341 g/mol. The summed E-state index contributed by atoms with van der Waals surface area (Å²) in [4.78, 5) is 0. The fourth-order valence-corrected chi connectivity index (χ4v) is 8.45. The fourth-order valence-electron chi connectivity index (χ4n) is 8.45. The largest absolute Gasteiger partial charge is 0.393 e. The molecule has 0 radical (unpaired) electrons. The van der Waals surface area contributed by atoms with Crippen molar-refractivity contribution >= 4 is 0 Å². The highest BCUT2D eigenvalue weighted by Crippen LogP contribution is 2.67. The zero-order chi connectivity index (χ0) is 20.1. The normalized spacial score (nSPS) is 47.0. The number of fused-ring (bicyclic) bond motifs is 5. The lowest BCUT2D eigenvalue weighted by molar-refractivity contribution is -0.0571. The molecule has 0 aromatic heterocycles. The van der Waals surface area contributed by atoms with Crippen molar-refractivity contribution in [2.24, 2.45) is 40.4 Å². The second kappa shape index (κ2) is 7.60. The Morgan fingerprint density at radius 2 is 1.93 bits per heavy atom. The summed E-state index contributed by atoms with van der Waals surface area (Å²) < 4.78 is 0. The minimum Gasteiger partial charge on any atom is -0.393 e. The predicted molar refractivity (Wildman–Crippen MR) is 119 cm³/mol. The van der Waals surface area contributed by atoms with E-state index in [2.05, 4.69) is 46.8 Å². The van der Waals surface area contributed by atoms with Gasteiger partial charge in [0.25, 0.3) is 0 Å². The summed E-state index contributed by atoms with van der Waals surface area (Å²) in [7, 11) is 0. The lowest BCUT2D eigenvalue weighted by Crippen LogP contribution is -2.50. The zero-order valence-electron chi connectivity index (χ0n) is 19.1. The van der Waals surface area contributed by atoms with E-state index < -0.39 is 0 Å². The molecule has 0 unspecified atom stereocenters. The van der Waals surface area contributed by atoms with Gasteiger partial charge in [-0.2, -0.15) is 0 Å².